The summed E-state index contributed by atoms with van der Waals surface area (Å²) in [6.07, 6.45) is -0.313. The van der Waals surface area contributed by atoms with Crippen LogP contribution in [0.5, 0.6) is 0 Å². The molecule has 0 fully saturated rings. The van der Waals surface area contributed by atoms with E-state index in [0.717, 1.165) is 6.07 Å². The average Bonchev–Trinajstić information content (AvgIpc) is 1.99. The van der Waals surface area contributed by atoms with Crippen molar-refractivity contribution in [3.05, 3.63) is 29.1 Å². The summed E-state index contributed by atoms with van der Waals surface area (Å²) < 4.78 is 13.0. The van der Waals surface area contributed by atoms with E-state index in [1.807, 2.05) is 0 Å². The minimum absolute atomic E-state index is 0.166. The van der Waals surface area contributed by atoms with Crippen LogP contribution in [0.2, 0.25) is 0 Å². The molecule has 0 saturated heterocycles. The molecule has 1 aromatic rings. The summed E-state index contributed by atoms with van der Waals surface area (Å²) in [5, 5.41) is 8.45. The van der Waals surface area contributed by atoms with Gasteiger partial charge >= 0.3 is 5.97 Å². The van der Waals surface area contributed by atoms with Gasteiger partial charge in [-0.05, 0) is 24.1 Å². The maximum absolute atomic E-state index is 13.0. The molecule has 0 atom stereocenters. The third-order valence-electron chi connectivity index (χ3n) is 1.78. The Morgan fingerprint density at radius 3 is 2.77 bits per heavy atom. The van der Waals surface area contributed by atoms with Crippen molar-refractivity contribution < 1.29 is 14.3 Å². The molecule has 0 spiro atoms. The number of nitrogens with two attached hydrogens (primary N) is 1. The van der Waals surface area contributed by atoms with Crippen LogP contribution in [0.4, 0.5) is 10.1 Å². The van der Waals surface area contributed by atoms with Gasteiger partial charge in [0.1, 0.15) is 5.82 Å². The van der Waals surface area contributed by atoms with Gasteiger partial charge in [-0.15, -0.1) is 0 Å². The highest BCUT2D eigenvalue weighted by Gasteiger charge is 2.08. The molecule has 0 amide bonds. The number of benzene rings is 1. The Labute approximate surface area is 75.0 Å². The van der Waals surface area contributed by atoms with Crippen LogP contribution in [0, 0.1) is 12.7 Å². The summed E-state index contributed by atoms with van der Waals surface area (Å²) in [7, 11) is 0. The van der Waals surface area contributed by atoms with Crippen LogP contribution < -0.4 is 5.73 Å². The Hall–Kier alpha value is -1.58. The zero-order chi connectivity index (χ0) is 10.0. The second kappa shape index (κ2) is 3.43. The van der Waals surface area contributed by atoms with Crippen LogP contribution in [0.25, 0.3) is 0 Å². The van der Waals surface area contributed by atoms with Gasteiger partial charge in [-0.3, -0.25) is 4.79 Å². The van der Waals surface area contributed by atoms with Gasteiger partial charge in [-0.25, -0.2) is 4.39 Å². The van der Waals surface area contributed by atoms with E-state index in [1.165, 1.54) is 6.07 Å². The molecule has 1 rings (SSSR count). The Bertz CT molecular complexity index is 350. The van der Waals surface area contributed by atoms with Gasteiger partial charge in [0.25, 0.3) is 0 Å². The van der Waals surface area contributed by atoms with Crippen molar-refractivity contribution in [3.63, 3.8) is 0 Å². The number of aliphatic carboxylic acids is 1. The van der Waals surface area contributed by atoms with Crippen molar-refractivity contribution in [2.24, 2.45) is 0 Å². The minimum Gasteiger partial charge on any atom is -0.481 e. The Balaban J connectivity index is 3.08. The fourth-order valence-corrected chi connectivity index (χ4v) is 1.06. The largest absolute Gasteiger partial charge is 0.481 e. The molecule has 0 aliphatic carbocycles. The number of halogens is 1. The third-order valence-corrected chi connectivity index (χ3v) is 1.78. The third kappa shape index (κ3) is 2.18. The fraction of sp³-hybridized carbons (Fsp3) is 0.222. The lowest BCUT2D eigenvalue weighted by Gasteiger charge is -2.04. The molecule has 3 N–H and O–H groups in total. The highest BCUT2D eigenvalue weighted by atomic mass is 19.1. The number of carbonyl (C=O) groups is 1. The van der Waals surface area contributed by atoms with E-state index < -0.39 is 11.8 Å². The highest BCUT2D eigenvalue weighted by Crippen LogP contribution is 2.17. The highest BCUT2D eigenvalue weighted by molar-refractivity contribution is 5.70. The Morgan fingerprint density at radius 2 is 2.23 bits per heavy atom. The smallest absolute Gasteiger partial charge is 0.307 e. The van der Waals surface area contributed by atoms with Crippen molar-refractivity contribution in [1.82, 2.24) is 0 Å². The normalized spacial score (nSPS) is 10.0. The van der Waals surface area contributed by atoms with E-state index in [0.29, 0.717) is 11.3 Å². The van der Waals surface area contributed by atoms with E-state index in [4.69, 9.17) is 10.8 Å². The second-order valence-corrected chi connectivity index (χ2v) is 2.87. The summed E-state index contributed by atoms with van der Waals surface area (Å²) in [5.41, 5.74) is 6.63. The maximum Gasteiger partial charge on any atom is 0.307 e. The molecule has 0 heterocycles. The molecule has 1 aromatic carbocycles. The molecule has 70 valence electrons. The molecule has 0 unspecified atom stereocenters. The fourth-order valence-electron chi connectivity index (χ4n) is 1.06. The summed E-state index contributed by atoms with van der Waals surface area (Å²) in [4.78, 5) is 10.3. The first kappa shape index (κ1) is 9.51. The summed E-state index contributed by atoms with van der Waals surface area (Å²) in [6, 6.07) is 2.60. The zero-order valence-electron chi connectivity index (χ0n) is 7.17. The molecule has 13 heavy (non-hydrogen) atoms. The first-order valence-electron chi connectivity index (χ1n) is 3.77. The number of nitrogen functional groups attached to an aromatic ring is 1. The lowest BCUT2D eigenvalue weighted by molar-refractivity contribution is -0.136. The van der Waals surface area contributed by atoms with Crippen LogP contribution in [-0.2, 0) is 11.2 Å². The number of anilines is 1. The van der Waals surface area contributed by atoms with Gasteiger partial charge in [0.2, 0.25) is 0 Å². The Kier molecular flexibility index (Phi) is 2.51. The molecule has 0 aliphatic heterocycles. The van der Waals surface area contributed by atoms with Crippen LogP contribution in [0.15, 0.2) is 12.1 Å². The number of aryl methyl sites for hydroxylation is 1. The van der Waals surface area contributed by atoms with Gasteiger partial charge in [0.05, 0.1) is 6.42 Å². The van der Waals surface area contributed by atoms with Gasteiger partial charge in [-0.1, -0.05) is 6.07 Å². The molecule has 0 radical (unpaired) electrons. The summed E-state index contributed by atoms with van der Waals surface area (Å²) in [6.45, 7) is 1.71. The lowest BCUT2D eigenvalue weighted by atomic mass is 10.1. The van der Waals surface area contributed by atoms with E-state index >= 15 is 0 Å². The van der Waals surface area contributed by atoms with E-state index in [1.54, 1.807) is 6.92 Å². The number of hydrogen-bond acceptors (Lipinski definition) is 2. The number of carboxylic acids is 1. The van der Waals surface area contributed by atoms with Gasteiger partial charge in [0, 0.05) is 5.69 Å². The lowest BCUT2D eigenvalue weighted by Crippen LogP contribution is -2.04. The Morgan fingerprint density at radius 1 is 1.62 bits per heavy atom. The molecular formula is C9H10FNO2. The molecular weight excluding hydrogens is 173 g/mol. The van der Waals surface area contributed by atoms with Crippen molar-refractivity contribution in [2.75, 3.05) is 5.73 Å². The predicted molar refractivity (Wildman–Crippen MR) is 46.9 cm³/mol. The van der Waals surface area contributed by atoms with Gasteiger partial charge in [0.15, 0.2) is 0 Å². The van der Waals surface area contributed by atoms with Crippen LogP contribution >= 0.6 is 0 Å². The van der Waals surface area contributed by atoms with E-state index in [2.05, 4.69) is 0 Å². The predicted octanol–water partition coefficient (Wildman–Crippen LogP) is 1.34. The first-order chi connectivity index (χ1) is 6.00. The molecule has 3 nitrogen and oxygen atoms in total. The number of rotatable bonds is 2. The van der Waals surface area contributed by atoms with Gasteiger partial charge in [-0.2, -0.15) is 0 Å². The molecule has 0 aromatic heterocycles. The molecule has 0 aliphatic rings. The standard InChI is InChI=1S/C9H10FNO2/c1-5-2-6(3-9(12)13)7(10)4-8(5)11/h2,4H,3,11H2,1H3,(H,12,13). The second-order valence-electron chi connectivity index (χ2n) is 2.87. The average molecular weight is 183 g/mol. The monoisotopic (exact) mass is 183 g/mol. The van der Waals surface area contributed by atoms with E-state index in [-0.39, 0.29) is 12.0 Å². The van der Waals surface area contributed by atoms with Crippen molar-refractivity contribution >= 4 is 11.7 Å². The topological polar surface area (TPSA) is 63.3 Å². The van der Waals surface area contributed by atoms with Crippen LogP contribution in [-0.4, -0.2) is 11.1 Å². The van der Waals surface area contributed by atoms with Gasteiger partial charge < -0.3 is 10.8 Å². The van der Waals surface area contributed by atoms with Crippen molar-refractivity contribution in [1.29, 1.82) is 0 Å². The summed E-state index contributed by atoms with van der Waals surface area (Å²) in [5.74, 6) is -1.62. The maximum atomic E-state index is 13.0. The SMILES string of the molecule is Cc1cc(CC(=O)O)c(F)cc1N. The zero-order valence-corrected chi connectivity index (χ0v) is 7.17. The summed E-state index contributed by atoms with van der Waals surface area (Å²) >= 11 is 0. The number of hydrogen-bond donors (Lipinski definition) is 2. The molecule has 4 heteroatoms. The quantitative estimate of drug-likeness (QED) is 0.680. The van der Waals surface area contributed by atoms with E-state index in [9.17, 15) is 9.18 Å². The van der Waals surface area contributed by atoms with Crippen molar-refractivity contribution in [2.45, 2.75) is 13.3 Å². The van der Waals surface area contributed by atoms with Crippen LogP contribution in [0.1, 0.15) is 11.1 Å². The minimum atomic E-state index is -1.05. The number of carboxylic acid groups (broad SMARTS) is 1. The molecule has 0 bridgehead atoms. The van der Waals surface area contributed by atoms with Crippen LogP contribution in [0.3, 0.4) is 0 Å². The molecule has 0 saturated carbocycles. The van der Waals surface area contributed by atoms with Crippen molar-refractivity contribution in [3.8, 4) is 0 Å². The first-order valence-corrected chi connectivity index (χ1v) is 3.77.